The number of rotatable bonds is 7. The molecule has 0 heterocycles. The maximum atomic E-state index is 12.9. The summed E-state index contributed by atoms with van der Waals surface area (Å²) in [6.07, 6.45) is 0. The summed E-state index contributed by atoms with van der Waals surface area (Å²) in [5.74, 6) is -0.897. The summed E-state index contributed by atoms with van der Waals surface area (Å²) in [4.78, 5) is 37.7. The number of anilines is 1. The van der Waals surface area contributed by atoms with Gasteiger partial charge in [0, 0.05) is 42.3 Å². The first kappa shape index (κ1) is 20.3. The molecule has 0 bridgehead atoms. The van der Waals surface area contributed by atoms with E-state index in [0.29, 0.717) is 10.2 Å². The van der Waals surface area contributed by atoms with Crippen LogP contribution in [-0.4, -0.2) is 37.3 Å². The summed E-state index contributed by atoms with van der Waals surface area (Å²) in [5.41, 5.74) is 0.705. The average Bonchev–Trinajstić information content (AvgIpc) is 2.64. The highest BCUT2D eigenvalue weighted by Crippen LogP contribution is 2.29. The summed E-state index contributed by atoms with van der Waals surface area (Å²) in [7, 11) is 3.36. The van der Waals surface area contributed by atoms with E-state index in [1.54, 1.807) is 31.1 Å². The van der Waals surface area contributed by atoms with Gasteiger partial charge in [0.25, 0.3) is 11.6 Å². The predicted octanol–water partition coefficient (Wildman–Crippen LogP) is 3.53. The number of hydrogen-bond donors (Lipinski definition) is 1. The van der Waals surface area contributed by atoms with Crippen molar-refractivity contribution in [3.05, 3.63) is 80.3 Å². The molecule has 8 heteroatoms. The van der Waals surface area contributed by atoms with Crippen LogP contribution in [0.25, 0.3) is 0 Å². The molecule has 0 unspecified atom stereocenters. The number of nitrogens with one attached hydrogen (secondary N) is 1. The Morgan fingerprint density at radius 3 is 2.37 bits per heavy atom. The van der Waals surface area contributed by atoms with Crippen LogP contribution in [0.1, 0.15) is 26.3 Å². The zero-order chi connectivity index (χ0) is 20.1. The van der Waals surface area contributed by atoms with Gasteiger partial charge in [0.1, 0.15) is 5.69 Å². The smallest absolute Gasteiger partial charge is 0.293 e. The van der Waals surface area contributed by atoms with Gasteiger partial charge in [-0.15, -0.1) is 0 Å². The van der Waals surface area contributed by atoms with Crippen molar-refractivity contribution in [2.45, 2.75) is 0 Å². The normalized spacial score (nSPS) is 10.2. The molecule has 140 valence electrons. The highest BCUT2D eigenvalue weighted by molar-refractivity contribution is 9.11. The lowest BCUT2D eigenvalue weighted by Crippen LogP contribution is -2.26. The van der Waals surface area contributed by atoms with Gasteiger partial charge in [0.2, 0.25) is 0 Å². The maximum absolute atomic E-state index is 12.9. The van der Waals surface area contributed by atoms with Crippen molar-refractivity contribution in [3.63, 3.8) is 0 Å². The Bertz CT molecular complexity index is 925. The lowest BCUT2D eigenvalue weighted by atomic mass is 9.97. The van der Waals surface area contributed by atoms with E-state index in [9.17, 15) is 19.7 Å². The zero-order valence-electron chi connectivity index (χ0n) is 14.9. The molecule has 2 aromatic rings. The summed E-state index contributed by atoms with van der Waals surface area (Å²) >= 11 is 3.16. The second-order valence-electron chi connectivity index (χ2n) is 5.93. The Labute approximate surface area is 165 Å². The fourth-order valence-corrected chi connectivity index (χ4v) is 2.64. The van der Waals surface area contributed by atoms with Crippen molar-refractivity contribution >= 4 is 39.0 Å². The number of halogens is 1. The third-order valence-corrected chi connectivity index (χ3v) is 4.05. The Hall–Kier alpha value is -3.00. The van der Waals surface area contributed by atoms with Gasteiger partial charge in [0.05, 0.1) is 10.5 Å². The van der Waals surface area contributed by atoms with Crippen LogP contribution in [0, 0.1) is 10.1 Å². The molecule has 1 N–H and O–H groups in total. The second kappa shape index (κ2) is 8.59. The number of amides is 1. The van der Waals surface area contributed by atoms with Gasteiger partial charge < -0.3 is 10.2 Å². The topological polar surface area (TPSA) is 92.6 Å². The van der Waals surface area contributed by atoms with E-state index in [1.165, 1.54) is 30.3 Å². The monoisotopic (exact) mass is 431 g/mol. The summed E-state index contributed by atoms with van der Waals surface area (Å²) in [6.45, 7) is 3.85. The number of ketones is 1. The van der Waals surface area contributed by atoms with Crippen LogP contribution in [0.15, 0.2) is 53.5 Å². The van der Waals surface area contributed by atoms with Crippen molar-refractivity contribution in [1.82, 2.24) is 5.32 Å². The highest BCUT2D eigenvalue weighted by atomic mass is 79.9. The molecule has 2 aromatic carbocycles. The number of hydrogen-bond acceptors (Lipinski definition) is 5. The Kier molecular flexibility index (Phi) is 6.46. The third-order valence-electron chi connectivity index (χ3n) is 3.77. The standard InChI is InChI=1S/C19H18BrN3O4/c1-12(20)11-21-19(25)15-7-5-4-6-14(15)18(24)13-8-9-16(22(2)3)17(10-13)23(26)27/h4-10H,1,11H2,2-3H3,(H,21,25). The molecule has 0 atom stereocenters. The second-order valence-corrected chi connectivity index (χ2v) is 7.05. The molecule has 0 aliphatic heterocycles. The lowest BCUT2D eigenvalue weighted by Gasteiger charge is -2.14. The molecule has 0 fully saturated rings. The third kappa shape index (κ3) is 4.79. The molecule has 7 nitrogen and oxygen atoms in total. The van der Waals surface area contributed by atoms with Crippen molar-refractivity contribution in [3.8, 4) is 0 Å². The van der Waals surface area contributed by atoms with Gasteiger partial charge in [-0.3, -0.25) is 19.7 Å². The highest BCUT2D eigenvalue weighted by Gasteiger charge is 2.22. The quantitative estimate of drug-likeness (QED) is 0.411. The summed E-state index contributed by atoms with van der Waals surface area (Å²) in [6, 6.07) is 10.6. The number of nitro groups is 1. The van der Waals surface area contributed by atoms with E-state index in [-0.39, 0.29) is 28.9 Å². The van der Waals surface area contributed by atoms with Crippen LogP contribution < -0.4 is 10.2 Å². The molecule has 0 radical (unpaired) electrons. The first-order chi connectivity index (χ1) is 12.7. The van der Waals surface area contributed by atoms with E-state index in [2.05, 4.69) is 27.8 Å². The van der Waals surface area contributed by atoms with Gasteiger partial charge in [0.15, 0.2) is 5.78 Å². The molecule has 2 rings (SSSR count). The Balaban J connectivity index is 2.44. The Morgan fingerprint density at radius 1 is 1.19 bits per heavy atom. The van der Waals surface area contributed by atoms with Crippen molar-refractivity contribution in [2.75, 3.05) is 25.5 Å². The van der Waals surface area contributed by atoms with Crippen LogP contribution >= 0.6 is 15.9 Å². The molecule has 0 spiro atoms. The minimum Gasteiger partial charge on any atom is -0.372 e. The molecular weight excluding hydrogens is 414 g/mol. The summed E-state index contributed by atoms with van der Waals surface area (Å²) < 4.78 is 0.592. The minimum absolute atomic E-state index is 0.137. The van der Waals surface area contributed by atoms with Crippen molar-refractivity contribution < 1.29 is 14.5 Å². The molecule has 0 aliphatic carbocycles. The fourth-order valence-electron chi connectivity index (χ4n) is 2.50. The van der Waals surface area contributed by atoms with Gasteiger partial charge >= 0.3 is 0 Å². The Morgan fingerprint density at radius 2 is 1.81 bits per heavy atom. The first-order valence-electron chi connectivity index (χ1n) is 7.93. The maximum Gasteiger partial charge on any atom is 0.293 e. The van der Waals surface area contributed by atoms with Crippen molar-refractivity contribution in [2.24, 2.45) is 0 Å². The summed E-state index contributed by atoms with van der Waals surface area (Å²) in [5, 5.41) is 14.0. The first-order valence-corrected chi connectivity index (χ1v) is 8.72. The lowest BCUT2D eigenvalue weighted by molar-refractivity contribution is -0.384. The SMILES string of the molecule is C=C(Br)CNC(=O)c1ccccc1C(=O)c1ccc(N(C)C)c([N+](=O)[O-])c1. The number of nitrogens with zero attached hydrogens (tertiary/aromatic N) is 2. The van der Waals surface area contributed by atoms with Gasteiger partial charge in [-0.25, -0.2) is 0 Å². The van der Waals surface area contributed by atoms with Crippen LogP contribution in [0.2, 0.25) is 0 Å². The number of carbonyl (C=O) groups is 2. The number of nitro benzene ring substituents is 1. The van der Waals surface area contributed by atoms with Crippen LogP contribution in [-0.2, 0) is 0 Å². The number of benzene rings is 2. The zero-order valence-corrected chi connectivity index (χ0v) is 16.4. The predicted molar refractivity (Wildman–Crippen MR) is 108 cm³/mol. The van der Waals surface area contributed by atoms with Gasteiger partial charge in [-0.05, 0) is 18.2 Å². The van der Waals surface area contributed by atoms with E-state index in [4.69, 9.17) is 0 Å². The molecule has 0 saturated heterocycles. The minimum atomic E-state index is -0.535. The van der Waals surface area contributed by atoms with E-state index in [0.717, 1.165) is 0 Å². The largest absolute Gasteiger partial charge is 0.372 e. The van der Waals surface area contributed by atoms with E-state index >= 15 is 0 Å². The number of carbonyl (C=O) groups excluding carboxylic acids is 2. The molecule has 0 aliphatic rings. The van der Waals surface area contributed by atoms with E-state index < -0.39 is 16.6 Å². The van der Waals surface area contributed by atoms with Crippen LogP contribution in [0.5, 0.6) is 0 Å². The molecule has 0 saturated carbocycles. The fraction of sp³-hybridized carbons (Fsp3) is 0.158. The average molecular weight is 432 g/mol. The molecule has 27 heavy (non-hydrogen) atoms. The van der Waals surface area contributed by atoms with E-state index in [1.807, 2.05) is 0 Å². The van der Waals surface area contributed by atoms with Crippen molar-refractivity contribution in [1.29, 1.82) is 0 Å². The van der Waals surface area contributed by atoms with Gasteiger partial charge in [-0.2, -0.15) is 0 Å². The van der Waals surface area contributed by atoms with Gasteiger partial charge in [-0.1, -0.05) is 40.7 Å². The van der Waals surface area contributed by atoms with Crippen LogP contribution in [0.4, 0.5) is 11.4 Å². The molecule has 0 aromatic heterocycles. The molecule has 1 amide bonds. The van der Waals surface area contributed by atoms with Crippen LogP contribution in [0.3, 0.4) is 0 Å². The molecular formula is C19H18BrN3O4.